The van der Waals surface area contributed by atoms with Crippen molar-refractivity contribution in [2.75, 3.05) is 19.5 Å². The van der Waals surface area contributed by atoms with Gasteiger partial charge in [0.2, 0.25) is 0 Å². The summed E-state index contributed by atoms with van der Waals surface area (Å²) in [6, 6.07) is 11.0. The van der Waals surface area contributed by atoms with Crippen LogP contribution in [-0.2, 0) is 4.74 Å². The molecule has 2 heterocycles. The van der Waals surface area contributed by atoms with E-state index in [4.69, 9.17) is 9.47 Å². The first-order chi connectivity index (χ1) is 12.1. The highest BCUT2D eigenvalue weighted by Crippen LogP contribution is 2.25. The van der Waals surface area contributed by atoms with Crippen LogP contribution in [0.15, 0.2) is 48.0 Å². The van der Waals surface area contributed by atoms with Gasteiger partial charge in [-0.25, -0.2) is 9.48 Å². The van der Waals surface area contributed by atoms with Gasteiger partial charge in [-0.05, 0) is 23.6 Å². The maximum atomic E-state index is 12.6. The minimum Gasteiger partial charge on any atom is -0.493 e. The molecule has 0 fully saturated rings. The number of aromatic nitrogens is 2. The fraction of sp³-hybridized carbons (Fsp3) is 0.118. The van der Waals surface area contributed by atoms with E-state index in [2.05, 4.69) is 10.4 Å². The normalized spacial score (nSPS) is 10.3. The minimum atomic E-state index is -0.507. The van der Waals surface area contributed by atoms with Crippen LogP contribution in [0.1, 0.15) is 20.2 Å². The number of anilines is 1. The van der Waals surface area contributed by atoms with Gasteiger partial charge in [-0.15, -0.1) is 11.3 Å². The van der Waals surface area contributed by atoms with Crippen molar-refractivity contribution < 1.29 is 19.1 Å². The van der Waals surface area contributed by atoms with E-state index in [1.165, 1.54) is 25.6 Å². The second-order valence-electron chi connectivity index (χ2n) is 4.94. The Morgan fingerprint density at radius 2 is 1.92 bits per heavy atom. The number of amides is 1. The molecule has 0 saturated carbocycles. The summed E-state index contributed by atoms with van der Waals surface area (Å²) in [7, 11) is 2.76. The third-order valence-electron chi connectivity index (χ3n) is 3.42. The average molecular weight is 357 g/mol. The predicted octanol–water partition coefficient (Wildman–Crippen LogP) is 2.98. The van der Waals surface area contributed by atoms with Crippen LogP contribution in [0.5, 0.6) is 5.75 Å². The summed E-state index contributed by atoms with van der Waals surface area (Å²) in [4.78, 5) is 24.6. The lowest BCUT2D eigenvalue weighted by Gasteiger charge is -2.05. The van der Waals surface area contributed by atoms with Crippen molar-refractivity contribution in [3.63, 3.8) is 0 Å². The lowest BCUT2D eigenvalue weighted by molar-refractivity contribution is 0.0607. The van der Waals surface area contributed by atoms with E-state index in [0.29, 0.717) is 16.3 Å². The van der Waals surface area contributed by atoms with E-state index in [0.717, 1.165) is 5.69 Å². The van der Waals surface area contributed by atoms with Crippen LogP contribution < -0.4 is 10.1 Å². The number of ether oxygens (including phenoxy) is 2. The fourth-order valence-electron chi connectivity index (χ4n) is 2.22. The average Bonchev–Trinajstić information content (AvgIpc) is 3.28. The molecule has 8 heteroatoms. The van der Waals surface area contributed by atoms with E-state index < -0.39 is 11.9 Å². The molecular formula is C17H15N3O4S. The second kappa shape index (κ2) is 7.18. The first-order valence-corrected chi connectivity index (χ1v) is 8.18. The van der Waals surface area contributed by atoms with E-state index >= 15 is 0 Å². The van der Waals surface area contributed by atoms with E-state index in [-0.39, 0.29) is 5.69 Å². The van der Waals surface area contributed by atoms with Crippen LogP contribution in [0.4, 0.5) is 5.69 Å². The molecule has 3 aromatic rings. The molecule has 0 aliphatic carbocycles. The highest BCUT2D eigenvalue weighted by atomic mass is 32.1. The summed E-state index contributed by atoms with van der Waals surface area (Å²) in [6.45, 7) is 0. The molecule has 1 aromatic carbocycles. The van der Waals surface area contributed by atoms with Crippen molar-refractivity contribution in [2.24, 2.45) is 0 Å². The number of carbonyl (C=O) groups is 2. The molecule has 1 N–H and O–H groups in total. The topological polar surface area (TPSA) is 82.5 Å². The Balaban J connectivity index is 1.89. The molecule has 2 aromatic heterocycles. The Morgan fingerprint density at radius 3 is 2.60 bits per heavy atom. The molecule has 7 nitrogen and oxygen atoms in total. The number of hydrogen-bond acceptors (Lipinski definition) is 6. The summed E-state index contributed by atoms with van der Waals surface area (Å²) in [6.07, 6.45) is 1.62. The molecule has 0 unspecified atom stereocenters. The van der Waals surface area contributed by atoms with Gasteiger partial charge in [-0.2, -0.15) is 5.10 Å². The Bertz CT molecular complexity index is 902. The van der Waals surface area contributed by atoms with Crippen molar-refractivity contribution >= 4 is 28.9 Å². The van der Waals surface area contributed by atoms with Gasteiger partial charge in [0.25, 0.3) is 5.91 Å². The number of nitrogens with one attached hydrogen (secondary N) is 1. The monoisotopic (exact) mass is 357 g/mol. The van der Waals surface area contributed by atoms with Gasteiger partial charge in [-0.1, -0.05) is 18.2 Å². The maximum absolute atomic E-state index is 12.6. The number of thiophene rings is 1. The molecule has 0 spiro atoms. The molecule has 0 atom stereocenters. The largest absolute Gasteiger partial charge is 0.493 e. The van der Waals surface area contributed by atoms with Gasteiger partial charge in [0.05, 0.1) is 31.8 Å². The van der Waals surface area contributed by atoms with Crippen LogP contribution >= 0.6 is 11.3 Å². The summed E-state index contributed by atoms with van der Waals surface area (Å²) < 4.78 is 11.5. The van der Waals surface area contributed by atoms with E-state index in [1.54, 1.807) is 22.3 Å². The Kier molecular flexibility index (Phi) is 4.80. The van der Waals surface area contributed by atoms with Crippen molar-refractivity contribution in [1.82, 2.24) is 9.78 Å². The molecule has 0 bridgehead atoms. The number of esters is 1. The Morgan fingerprint density at radius 1 is 1.16 bits per heavy atom. The van der Waals surface area contributed by atoms with Crippen LogP contribution in [-0.4, -0.2) is 35.9 Å². The first-order valence-electron chi connectivity index (χ1n) is 7.30. The summed E-state index contributed by atoms with van der Waals surface area (Å²) in [5, 5.41) is 8.67. The SMILES string of the molecule is COC(=O)c1sccc1NC(=O)c1nn(-c2ccccc2)cc1OC. The summed E-state index contributed by atoms with van der Waals surface area (Å²) in [5.41, 5.74) is 1.29. The maximum Gasteiger partial charge on any atom is 0.350 e. The highest BCUT2D eigenvalue weighted by molar-refractivity contribution is 7.12. The van der Waals surface area contributed by atoms with E-state index in [1.807, 2.05) is 30.3 Å². The molecule has 0 aliphatic rings. The Labute approximate surface area is 147 Å². The number of benzene rings is 1. The molecule has 0 saturated heterocycles. The lowest BCUT2D eigenvalue weighted by atomic mass is 10.3. The van der Waals surface area contributed by atoms with Crippen LogP contribution in [0.3, 0.4) is 0 Å². The van der Waals surface area contributed by atoms with Crippen LogP contribution in [0.2, 0.25) is 0 Å². The minimum absolute atomic E-state index is 0.119. The first kappa shape index (κ1) is 16.7. The molecular weight excluding hydrogens is 342 g/mol. The zero-order valence-electron chi connectivity index (χ0n) is 13.6. The smallest absolute Gasteiger partial charge is 0.350 e. The third kappa shape index (κ3) is 3.38. The van der Waals surface area contributed by atoms with E-state index in [9.17, 15) is 9.59 Å². The van der Waals surface area contributed by atoms with Gasteiger partial charge in [0.15, 0.2) is 11.4 Å². The summed E-state index contributed by atoms with van der Waals surface area (Å²) >= 11 is 1.19. The van der Waals surface area contributed by atoms with Crippen molar-refractivity contribution in [2.45, 2.75) is 0 Å². The predicted molar refractivity (Wildman–Crippen MR) is 93.7 cm³/mol. The van der Waals surface area contributed by atoms with Crippen LogP contribution in [0, 0.1) is 0 Å². The number of carbonyl (C=O) groups excluding carboxylic acids is 2. The number of hydrogen-bond donors (Lipinski definition) is 1. The Hall–Kier alpha value is -3.13. The molecule has 25 heavy (non-hydrogen) atoms. The van der Waals surface area contributed by atoms with Gasteiger partial charge in [-0.3, -0.25) is 4.79 Å². The lowest BCUT2D eigenvalue weighted by Crippen LogP contribution is -2.15. The molecule has 3 rings (SSSR count). The van der Waals surface area contributed by atoms with Crippen LogP contribution in [0.25, 0.3) is 5.69 Å². The molecule has 0 radical (unpaired) electrons. The molecule has 0 aliphatic heterocycles. The standard InChI is InChI=1S/C17H15N3O4S/c1-23-13-10-20(11-6-4-3-5-7-11)19-14(13)16(21)18-12-8-9-25-15(12)17(22)24-2/h3-10H,1-2H3,(H,18,21). The van der Waals surface area contributed by atoms with Crippen molar-refractivity contribution in [3.8, 4) is 11.4 Å². The number of methoxy groups -OCH3 is 2. The molecule has 1 amide bonds. The zero-order chi connectivity index (χ0) is 17.8. The van der Waals surface area contributed by atoms with Gasteiger partial charge < -0.3 is 14.8 Å². The molecule has 128 valence electrons. The second-order valence-corrected chi connectivity index (χ2v) is 5.85. The number of para-hydroxylation sites is 1. The van der Waals surface area contributed by atoms with Gasteiger partial charge in [0, 0.05) is 0 Å². The van der Waals surface area contributed by atoms with Crippen molar-refractivity contribution in [3.05, 3.63) is 58.5 Å². The number of rotatable bonds is 5. The zero-order valence-corrected chi connectivity index (χ0v) is 14.4. The highest BCUT2D eigenvalue weighted by Gasteiger charge is 2.21. The van der Waals surface area contributed by atoms with Gasteiger partial charge >= 0.3 is 5.97 Å². The quantitative estimate of drug-likeness (QED) is 0.710. The number of nitrogens with zero attached hydrogens (tertiary/aromatic N) is 2. The van der Waals surface area contributed by atoms with Crippen molar-refractivity contribution in [1.29, 1.82) is 0 Å². The third-order valence-corrected chi connectivity index (χ3v) is 4.32. The fourth-order valence-corrected chi connectivity index (χ4v) is 2.98. The summed E-state index contributed by atoms with van der Waals surface area (Å²) in [5.74, 6) is -0.654. The van der Waals surface area contributed by atoms with Gasteiger partial charge in [0.1, 0.15) is 4.88 Å².